The molecule has 1 unspecified atom stereocenters. The van der Waals surface area contributed by atoms with Gasteiger partial charge < -0.3 is 5.11 Å². The van der Waals surface area contributed by atoms with Crippen molar-refractivity contribution in [1.82, 2.24) is 0 Å². The summed E-state index contributed by atoms with van der Waals surface area (Å²) < 4.78 is 12.2. The van der Waals surface area contributed by atoms with Crippen molar-refractivity contribution in [3.8, 4) is 0 Å². The Balaban J connectivity index is 2.20. The van der Waals surface area contributed by atoms with Crippen molar-refractivity contribution in [1.29, 1.82) is 0 Å². The first-order chi connectivity index (χ1) is 8.97. The molecule has 0 fully saturated rings. The summed E-state index contributed by atoms with van der Waals surface area (Å²) in [5.41, 5.74) is 0. The molecule has 0 bridgehead atoms. The molecule has 0 aliphatic rings. The summed E-state index contributed by atoms with van der Waals surface area (Å²) in [6, 6.07) is 7.93. The number of halogens is 2. The molecule has 1 N–H and O–H groups in total. The van der Waals surface area contributed by atoms with Crippen molar-refractivity contribution in [2.24, 2.45) is 0 Å². The molecule has 1 aromatic carbocycles. The third-order valence-electron chi connectivity index (χ3n) is 2.28. The molecule has 1 aromatic heterocycles. The van der Waals surface area contributed by atoms with Gasteiger partial charge in [-0.25, -0.2) is 4.79 Å². The molecule has 0 saturated carbocycles. The van der Waals surface area contributed by atoms with Crippen LogP contribution in [-0.4, -0.2) is 15.3 Å². The minimum absolute atomic E-state index is 0.220. The number of hydrogen-bond acceptors (Lipinski definition) is 3. The third-order valence-corrected chi connectivity index (χ3v) is 5.62. The standard InChI is InChI=1S/C12H8Cl2O3S2/c13-7-1-3-9(14)11(5-7)19(17)6-8-2-4-10(18-8)12(15)16/h1-5H,6H2,(H,15,16). The van der Waals surface area contributed by atoms with Gasteiger partial charge in [-0.3, -0.25) is 4.21 Å². The summed E-state index contributed by atoms with van der Waals surface area (Å²) >= 11 is 12.9. The first kappa shape index (κ1) is 14.5. The van der Waals surface area contributed by atoms with Gasteiger partial charge in [0.25, 0.3) is 0 Å². The van der Waals surface area contributed by atoms with E-state index in [4.69, 9.17) is 28.3 Å². The maximum absolute atomic E-state index is 12.2. The van der Waals surface area contributed by atoms with Crippen molar-refractivity contribution in [3.05, 3.63) is 50.1 Å². The van der Waals surface area contributed by atoms with E-state index in [0.717, 1.165) is 16.2 Å². The fraction of sp³-hybridized carbons (Fsp3) is 0.0833. The van der Waals surface area contributed by atoms with E-state index in [0.29, 0.717) is 14.9 Å². The lowest BCUT2D eigenvalue weighted by atomic mass is 10.4. The molecule has 19 heavy (non-hydrogen) atoms. The second kappa shape index (κ2) is 6.05. The van der Waals surface area contributed by atoms with Crippen molar-refractivity contribution >= 4 is 51.3 Å². The highest BCUT2D eigenvalue weighted by Crippen LogP contribution is 2.27. The number of rotatable bonds is 4. The van der Waals surface area contributed by atoms with E-state index in [1.54, 1.807) is 24.3 Å². The number of thiophene rings is 1. The van der Waals surface area contributed by atoms with Gasteiger partial charge in [0.05, 0.1) is 26.5 Å². The molecule has 0 aliphatic heterocycles. The molecule has 3 nitrogen and oxygen atoms in total. The SMILES string of the molecule is O=C(O)c1ccc(CS(=O)c2cc(Cl)ccc2Cl)s1. The summed E-state index contributed by atoms with van der Waals surface area (Å²) in [7, 11) is -1.36. The average molecular weight is 335 g/mol. The van der Waals surface area contributed by atoms with Gasteiger partial charge >= 0.3 is 5.97 Å². The van der Waals surface area contributed by atoms with Crippen LogP contribution in [0, 0.1) is 0 Å². The Bertz CT molecular complexity index is 652. The zero-order chi connectivity index (χ0) is 14.0. The van der Waals surface area contributed by atoms with Crippen LogP contribution in [0.5, 0.6) is 0 Å². The van der Waals surface area contributed by atoms with E-state index < -0.39 is 16.8 Å². The summed E-state index contributed by atoms with van der Waals surface area (Å²) in [5.74, 6) is -0.763. The molecular formula is C12H8Cl2O3S2. The summed E-state index contributed by atoms with van der Waals surface area (Å²) in [6.07, 6.45) is 0. The largest absolute Gasteiger partial charge is 0.477 e. The summed E-state index contributed by atoms with van der Waals surface area (Å²) in [5, 5.41) is 9.68. The lowest BCUT2D eigenvalue weighted by Crippen LogP contribution is -1.96. The molecule has 0 spiro atoms. The Hall–Kier alpha value is -0.880. The average Bonchev–Trinajstić information content (AvgIpc) is 2.80. The van der Waals surface area contributed by atoms with Crippen LogP contribution in [0.15, 0.2) is 35.2 Å². The zero-order valence-corrected chi connectivity index (χ0v) is 12.6. The first-order valence-electron chi connectivity index (χ1n) is 5.13. The van der Waals surface area contributed by atoms with Gasteiger partial charge in [0.1, 0.15) is 4.88 Å². The minimum Gasteiger partial charge on any atom is -0.477 e. The van der Waals surface area contributed by atoms with Gasteiger partial charge in [-0.1, -0.05) is 23.2 Å². The second-order valence-electron chi connectivity index (χ2n) is 3.64. The van der Waals surface area contributed by atoms with Gasteiger partial charge in [0, 0.05) is 9.90 Å². The predicted molar refractivity (Wildman–Crippen MR) is 77.9 cm³/mol. The maximum atomic E-state index is 12.2. The van der Waals surface area contributed by atoms with Crippen LogP contribution in [0.2, 0.25) is 10.0 Å². The van der Waals surface area contributed by atoms with Gasteiger partial charge in [-0.05, 0) is 30.3 Å². The van der Waals surface area contributed by atoms with E-state index in [1.165, 1.54) is 6.07 Å². The Morgan fingerprint density at radius 1 is 1.26 bits per heavy atom. The van der Waals surface area contributed by atoms with E-state index in [1.807, 2.05) is 0 Å². The lowest BCUT2D eigenvalue weighted by Gasteiger charge is -2.04. The van der Waals surface area contributed by atoms with Crippen LogP contribution in [0.4, 0.5) is 0 Å². The highest BCUT2D eigenvalue weighted by atomic mass is 35.5. The van der Waals surface area contributed by atoms with Crippen LogP contribution in [0.1, 0.15) is 14.5 Å². The lowest BCUT2D eigenvalue weighted by molar-refractivity contribution is 0.0702. The summed E-state index contributed by atoms with van der Waals surface area (Å²) in [4.78, 5) is 12.2. The van der Waals surface area contributed by atoms with Crippen molar-refractivity contribution in [2.45, 2.75) is 10.6 Å². The number of hydrogen-bond donors (Lipinski definition) is 1. The highest BCUT2D eigenvalue weighted by molar-refractivity contribution is 7.84. The van der Waals surface area contributed by atoms with E-state index in [9.17, 15) is 9.00 Å². The fourth-order valence-corrected chi connectivity index (χ4v) is 4.29. The number of aromatic carboxylic acids is 1. The van der Waals surface area contributed by atoms with E-state index in [2.05, 4.69) is 0 Å². The number of carboxylic acid groups (broad SMARTS) is 1. The van der Waals surface area contributed by atoms with Gasteiger partial charge in [-0.2, -0.15) is 0 Å². The molecule has 1 atom stereocenters. The molecule has 0 saturated heterocycles. The molecule has 2 rings (SSSR count). The monoisotopic (exact) mass is 334 g/mol. The van der Waals surface area contributed by atoms with Gasteiger partial charge in [0.15, 0.2) is 0 Å². The topological polar surface area (TPSA) is 54.4 Å². The van der Waals surface area contributed by atoms with Gasteiger partial charge in [0.2, 0.25) is 0 Å². The van der Waals surface area contributed by atoms with Crippen LogP contribution >= 0.6 is 34.5 Å². The first-order valence-corrected chi connectivity index (χ1v) is 8.02. The Labute approximate surface area is 126 Å². The van der Waals surface area contributed by atoms with Crippen LogP contribution in [0.25, 0.3) is 0 Å². The Kier molecular flexibility index (Phi) is 4.62. The zero-order valence-electron chi connectivity index (χ0n) is 9.43. The third kappa shape index (κ3) is 3.57. The Morgan fingerprint density at radius 2 is 2.00 bits per heavy atom. The molecule has 2 aromatic rings. The van der Waals surface area contributed by atoms with Crippen molar-refractivity contribution < 1.29 is 14.1 Å². The quantitative estimate of drug-likeness (QED) is 0.917. The normalized spacial score (nSPS) is 12.3. The molecule has 7 heteroatoms. The minimum atomic E-state index is -1.36. The smallest absolute Gasteiger partial charge is 0.345 e. The molecule has 100 valence electrons. The number of carboxylic acids is 1. The van der Waals surface area contributed by atoms with Crippen LogP contribution in [0.3, 0.4) is 0 Å². The molecular weight excluding hydrogens is 327 g/mol. The van der Waals surface area contributed by atoms with Crippen LogP contribution < -0.4 is 0 Å². The number of carbonyl (C=O) groups is 1. The van der Waals surface area contributed by atoms with Crippen LogP contribution in [-0.2, 0) is 16.6 Å². The van der Waals surface area contributed by atoms with Crippen molar-refractivity contribution in [3.63, 3.8) is 0 Å². The molecule has 1 heterocycles. The van der Waals surface area contributed by atoms with Crippen molar-refractivity contribution in [2.75, 3.05) is 0 Å². The number of benzene rings is 1. The Morgan fingerprint density at radius 3 is 2.63 bits per heavy atom. The summed E-state index contributed by atoms with van der Waals surface area (Å²) in [6.45, 7) is 0. The highest BCUT2D eigenvalue weighted by Gasteiger charge is 2.13. The predicted octanol–water partition coefficient (Wildman–Crippen LogP) is 4.06. The van der Waals surface area contributed by atoms with E-state index >= 15 is 0 Å². The molecule has 0 amide bonds. The molecule has 0 aliphatic carbocycles. The van der Waals surface area contributed by atoms with Gasteiger partial charge in [-0.15, -0.1) is 11.3 Å². The maximum Gasteiger partial charge on any atom is 0.345 e. The fourth-order valence-electron chi connectivity index (χ4n) is 1.43. The molecule has 0 radical (unpaired) electrons. The second-order valence-corrected chi connectivity index (χ2v) is 7.07. The van der Waals surface area contributed by atoms with E-state index in [-0.39, 0.29) is 10.6 Å².